The second kappa shape index (κ2) is 4.69. The molecule has 0 unspecified atom stereocenters. The fraction of sp³-hybridized carbons (Fsp3) is 0.182. The number of hydrogen-bond acceptors (Lipinski definition) is 2. The highest BCUT2D eigenvalue weighted by Crippen LogP contribution is 2.34. The number of hydrogen-bond donors (Lipinski definition) is 0. The summed E-state index contributed by atoms with van der Waals surface area (Å²) >= 11 is 7.77. The first-order chi connectivity index (χ1) is 8.16. The van der Waals surface area contributed by atoms with Gasteiger partial charge in [0.2, 0.25) is 0 Å². The van der Waals surface area contributed by atoms with Gasteiger partial charge in [-0.15, -0.1) is 0 Å². The van der Waals surface area contributed by atoms with Crippen molar-refractivity contribution in [2.24, 2.45) is 0 Å². The van der Waals surface area contributed by atoms with Crippen LogP contribution < -0.4 is 27.3 Å². The molecule has 3 rings (SSSR count). The van der Waals surface area contributed by atoms with Crippen molar-refractivity contribution < 1.29 is 27.3 Å². The lowest BCUT2D eigenvalue weighted by Gasteiger charge is -2.05. The Balaban J connectivity index is 2.27. The van der Waals surface area contributed by atoms with E-state index in [1.165, 1.54) is 3.70 Å². The minimum Gasteiger partial charge on any atom is -0.491 e. The Morgan fingerprint density at radius 2 is 2.29 bits per heavy atom. The van der Waals surface area contributed by atoms with Crippen LogP contribution in [0.1, 0.15) is 0 Å². The zero-order valence-corrected chi connectivity index (χ0v) is 14.7. The Bertz CT molecular complexity index is 597. The van der Waals surface area contributed by atoms with E-state index in [4.69, 9.17) is 4.74 Å². The van der Waals surface area contributed by atoms with E-state index < -0.39 is 0 Å². The Morgan fingerprint density at radius 3 is 3.12 bits per heavy atom. The third-order valence-electron chi connectivity index (χ3n) is 2.64. The van der Waals surface area contributed by atoms with Crippen LogP contribution in [0, 0.1) is 7.40 Å². The van der Waals surface area contributed by atoms with E-state index in [-0.39, 0.29) is 0 Å². The van der Waals surface area contributed by atoms with Gasteiger partial charge in [-0.1, -0.05) is 15.9 Å². The van der Waals surface area contributed by atoms with E-state index >= 15 is 0 Å². The molecule has 0 N–H and O–H groups in total. The predicted octanol–water partition coefficient (Wildman–Crippen LogP) is -0.235. The average Bonchev–Trinajstić information content (AvgIpc) is 2.49. The maximum atomic E-state index is 5.77. The van der Waals surface area contributed by atoms with Crippen molar-refractivity contribution in [2.45, 2.75) is 6.54 Å². The van der Waals surface area contributed by atoms with Gasteiger partial charge in [0.05, 0.1) is 12.1 Å². The van der Waals surface area contributed by atoms with Crippen LogP contribution in [0.5, 0.6) is 5.75 Å². The van der Waals surface area contributed by atoms with Crippen LogP contribution >= 0.6 is 38.5 Å². The van der Waals surface area contributed by atoms with Crippen LogP contribution in [0.25, 0.3) is 11.4 Å². The number of fused-ring (bicyclic) bond motifs is 3. The molecule has 1 aliphatic rings. The minimum atomic E-state index is 0.686. The number of benzene rings is 1. The molecule has 88 valence electrons. The van der Waals surface area contributed by atoms with Gasteiger partial charge in [-0.3, -0.25) is 4.57 Å². The maximum absolute atomic E-state index is 5.77. The van der Waals surface area contributed by atoms with Crippen LogP contribution in [0.2, 0.25) is 0 Å². The molecule has 17 heavy (non-hydrogen) atoms. The minimum absolute atomic E-state index is 0.686. The van der Waals surface area contributed by atoms with Crippen LogP contribution in [0.15, 0.2) is 22.7 Å². The first-order valence-corrected chi connectivity index (χ1v) is 8.06. The van der Waals surface area contributed by atoms with E-state index in [1.54, 1.807) is 0 Å². The summed E-state index contributed by atoms with van der Waals surface area (Å²) in [6, 6.07) is 6.08. The smallest absolute Gasteiger partial charge is 0.319 e. The number of ether oxygens (including phenoxy) is 1. The largest absolute Gasteiger partial charge is 0.491 e. The fourth-order valence-electron chi connectivity index (χ4n) is 1.87. The molecule has 0 radical (unpaired) electrons. The molecule has 6 heteroatoms. The quantitative estimate of drug-likeness (QED) is 0.452. The summed E-state index contributed by atoms with van der Waals surface area (Å²) in [5.74, 6) is 1.91. The van der Waals surface area contributed by atoms with Crippen molar-refractivity contribution in [1.82, 2.24) is 9.55 Å². The summed E-state index contributed by atoms with van der Waals surface area (Å²) < 4.78 is 11.3. The molecule has 3 nitrogen and oxygen atoms in total. The molecule has 2 heterocycles. The average molecular weight is 518 g/mol. The third-order valence-corrected chi connectivity index (χ3v) is 6.20. The number of rotatable bonds is 0. The van der Waals surface area contributed by atoms with Gasteiger partial charge in [-0.2, -0.15) is 0 Å². The monoisotopic (exact) mass is 517 g/mol. The summed E-state index contributed by atoms with van der Waals surface area (Å²) in [5, 5.41) is 0. The molecular weight excluding hydrogens is 510 g/mol. The highest BCUT2D eigenvalue weighted by Gasteiger charge is 2.24. The highest BCUT2D eigenvalue weighted by atomic mass is 127. The molecule has 0 amide bonds. The van der Waals surface area contributed by atoms with Crippen molar-refractivity contribution in [3.63, 3.8) is 0 Å². The molecule has 1 aromatic carbocycles. The van der Waals surface area contributed by atoms with Crippen LogP contribution in [0.4, 0.5) is 0 Å². The molecule has 0 saturated carbocycles. The van der Waals surface area contributed by atoms with Crippen molar-refractivity contribution in [3.05, 3.63) is 30.1 Å². The lowest BCUT2D eigenvalue weighted by Crippen LogP contribution is -3.35. The normalized spacial score (nSPS) is 13.6. The summed E-state index contributed by atoms with van der Waals surface area (Å²) in [6.45, 7) is 1.54. The number of nitrogens with zero attached hydrogens (tertiary/aromatic N) is 2. The lowest BCUT2D eigenvalue weighted by molar-refractivity contribution is -0.344. The highest BCUT2D eigenvalue weighted by molar-refractivity contribution is 14.1. The van der Waals surface area contributed by atoms with Crippen molar-refractivity contribution in [2.75, 3.05) is 6.61 Å². The lowest BCUT2D eigenvalue weighted by atomic mass is 10.2. The van der Waals surface area contributed by atoms with Gasteiger partial charge in [-0.25, -0.2) is 4.98 Å². The number of imidazole rings is 1. The van der Waals surface area contributed by atoms with E-state index in [2.05, 4.69) is 54.1 Å². The SMILES string of the molecule is Brc1ccc2c(c1)OCCn1c-2nc(I)c1[IH+]. The molecule has 0 aliphatic carbocycles. The molecule has 0 atom stereocenters. The molecule has 0 fully saturated rings. The number of aromatic nitrogens is 2. The van der Waals surface area contributed by atoms with Gasteiger partial charge < -0.3 is 4.74 Å². The standard InChI is InChI=1S/C11H8BrI2N2O/c12-6-1-2-7-8(5-6)17-4-3-16-10(14)9(13)15-11(7)16/h1-2,5,14H,3-4H2/q+1. The second-order valence-electron chi connectivity index (χ2n) is 3.67. The van der Waals surface area contributed by atoms with Gasteiger partial charge in [0.1, 0.15) is 18.2 Å². The van der Waals surface area contributed by atoms with Crippen LogP contribution in [-0.2, 0) is 6.54 Å². The summed E-state index contributed by atoms with van der Waals surface area (Å²) in [7, 11) is 0. The summed E-state index contributed by atoms with van der Waals surface area (Å²) in [4.78, 5) is 4.64. The molecule has 0 spiro atoms. The van der Waals surface area contributed by atoms with E-state index in [9.17, 15) is 0 Å². The second-order valence-corrected chi connectivity index (χ2v) is 6.71. The predicted molar refractivity (Wildman–Crippen MR) is 73.7 cm³/mol. The molecule has 1 aliphatic heterocycles. The Hall–Kier alpha value is 0.170. The van der Waals surface area contributed by atoms with E-state index in [0.717, 1.165) is 31.9 Å². The summed E-state index contributed by atoms with van der Waals surface area (Å²) in [6.07, 6.45) is 0. The van der Waals surface area contributed by atoms with E-state index in [1.807, 2.05) is 34.7 Å². The zero-order valence-electron chi connectivity index (χ0n) is 8.61. The maximum Gasteiger partial charge on any atom is 0.319 e. The van der Waals surface area contributed by atoms with Crippen LogP contribution in [0.3, 0.4) is 0 Å². The third kappa shape index (κ3) is 2.12. The van der Waals surface area contributed by atoms with Gasteiger partial charge >= 0.3 is 22.6 Å². The van der Waals surface area contributed by atoms with Gasteiger partial charge in [0.25, 0.3) is 3.70 Å². The van der Waals surface area contributed by atoms with Gasteiger partial charge in [-0.05, 0) is 40.8 Å². The first-order valence-electron chi connectivity index (χ1n) is 5.02. The van der Waals surface area contributed by atoms with Crippen molar-refractivity contribution >= 4 is 38.5 Å². The summed E-state index contributed by atoms with van der Waals surface area (Å²) in [5.41, 5.74) is 1.07. The van der Waals surface area contributed by atoms with Crippen LogP contribution in [-0.4, -0.2) is 16.2 Å². The molecule has 0 saturated heterocycles. The molecule has 2 aromatic rings. The first kappa shape index (κ1) is 12.2. The molecule has 0 bridgehead atoms. The van der Waals surface area contributed by atoms with E-state index in [0.29, 0.717) is 6.61 Å². The van der Waals surface area contributed by atoms with Crippen molar-refractivity contribution in [3.8, 4) is 17.1 Å². The number of halogens is 3. The van der Waals surface area contributed by atoms with Gasteiger partial charge in [0, 0.05) is 4.47 Å². The fourth-order valence-corrected chi connectivity index (χ4v) is 3.37. The molecule has 1 aromatic heterocycles. The zero-order chi connectivity index (χ0) is 12.0. The van der Waals surface area contributed by atoms with Crippen molar-refractivity contribution in [1.29, 1.82) is 0 Å². The molecular formula is C11H8BrI2N2O+. The Kier molecular flexibility index (Phi) is 3.37. The Labute approximate surface area is 134 Å². The Morgan fingerprint density at radius 1 is 1.47 bits per heavy atom. The van der Waals surface area contributed by atoms with Gasteiger partial charge in [0.15, 0.2) is 3.70 Å². The topological polar surface area (TPSA) is 27.1 Å².